The Labute approximate surface area is 185 Å². The van der Waals surface area contributed by atoms with Gasteiger partial charge in [0, 0.05) is 36.4 Å². The van der Waals surface area contributed by atoms with Crippen LogP contribution in [-0.4, -0.2) is 32.3 Å². The lowest BCUT2D eigenvalue weighted by molar-refractivity contribution is 0.582. The third-order valence-corrected chi connectivity index (χ3v) is 8.17. The zero-order valence-corrected chi connectivity index (χ0v) is 18.5. The summed E-state index contributed by atoms with van der Waals surface area (Å²) in [6.07, 6.45) is 3.11. The molecule has 0 aliphatic heterocycles. The summed E-state index contributed by atoms with van der Waals surface area (Å²) in [5, 5.41) is 0.290. The van der Waals surface area contributed by atoms with Gasteiger partial charge in [-0.2, -0.15) is 0 Å². The zero-order valence-electron chi connectivity index (χ0n) is 16.1. The van der Waals surface area contributed by atoms with Gasteiger partial charge in [-0.15, -0.1) is 0 Å². The molecule has 7 nitrogen and oxygen atoms in total. The summed E-state index contributed by atoms with van der Waals surface area (Å²) in [6, 6.07) is 17.8. The summed E-state index contributed by atoms with van der Waals surface area (Å²) in [5.74, 6) is 0. The molecule has 0 bridgehead atoms. The molecule has 160 valence electrons. The average molecular weight is 476 g/mol. The SMILES string of the molecule is O=S(=O)(NCCc1ccccn1)c1cn(S(=O)(=O)c2ccccc2)c2cccc(Cl)c12. The highest BCUT2D eigenvalue weighted by atomic mass is 35.5. The molecule has 2 aromatic carbocycles. The first kappa shape index (κ1) is 21.5. The lowest BCUT2D eigenvalue weighted by Crippen LogP contribution is -2.26. The lowest BCUT2D eigenvalue weighted by atomic mass is 10.2. The maximum absolute atomic E-state index is 13.2. The van der Waals surface area contributed by atoms with Gasteiger partial charge in [0.05, 0.1) is 15.4 Å². The van der Waals surface area contributed by atoms with Gasteiger partial charge in [-0.3, -0.25) is 4.98 Å². The molecule has 10 heteroatoms. The van der Waals surface area contributed by atoms with Crippen LogP contribution in [-0.2, 0) is 26.5 Å². The van der Waals surface area contributed by atoms with Crippen molar-refractivity contribution in [3.63, 3.8) is 0 Å². The van der Waals surface area contributed by atoms with E-state index in [0.717, 1.165) is 15.9 Å². The van der Waals surface area contributed by atoms with Gasteiger partial charge in [0.15, 0.2) is 0 Å². The van der Waals surface area contributed by atoms with Crippen molar-refractivity contribution in [2.75, 3.05) is 6.54 Å². The Morgan fingerprint density at radius 1 is 0.903 bits per heavy atom. The number of hydrogen-bond donors (Lipinski definition) is 1. The number of sulfonamides is 1. The molecule has 0 saturated carbocycles. The van der Waals surface area contributed by atoms with Crippen molar-refractivity contribution in [2.24, 2.45) is 0 Å². The van der Waals surface area contributed by atoms with Crippen LogP contribution < -0.4 is 4.72 Å². The predicted octanol–water partition coefficient (Wildman–Crippen LogP) is 3.45. The van der Waals surface area contributed by atoms with Crippen molar-refractivity contribution < 1.29 is 16.8 Å². The van der Waals surface area contributed by atoms with Crippen LogP contribution in [0.3, 0.4) is 0 Å². The Hall–Kier alpha value is -2.72. The first-order valence-electron chi connectivity index (χ1n) is 9.30. The third kappa shape index (κ3) is 4.22. The molecule has 0 radical (unpaired) electrons. The van der Waals surface area contributed by atoms with E-state index in [1.807, 2.05) is 6.07 Å². The van der Waals surface area contributed by atoms with Crippen LogP contribution in [0.4, 0.5) is 0 Å². The van der Waals surface area contributed by atoms with Crippen LogP contribution in [0.2, 0.25) is 5.02 Å². The second-order valence-corrected chi connectivity index (χ2v) is 10.7. The summed E-state index contributed by atoms with van der Waals surface area (Å²) in [6.45, 7) is 0.0991. The number of nitrogens with zero attached hydrogens (tertiary/aromatic N) is 2. The van der Waals surface area contributed by atoms with Crippen LogP contribution in [0, 0.1) is 0 Å². The van der Waals surface area contributed by atoms with Crippen molar-refractivity contribution in [3.8, 4) is 0 Å². The van der Waals surface area contributed by atoms with E-state index in [1.54, 1.807) is 42.6 Å². The van der Waals surface area contributed by atoms with Crippen molar-refractivity contribution in [3.05, 3.63) is 89.8 Å². The van der Waals surface area contributed by atoms with Crippen LogP contribution in [0.25, 0.3) is 10.9 Å². The molecule has 1 N–H and O–H groups in total. The third-order valence-electron chi connectivity index (χ3n) is 4.70. The normalized spacial score (nSPS) is 12.3. The van der Waals surface area contributed by atoms with Gasteiger partial charge in [-0.1, -0.05) is 41.9 Å². The molecule has 0 amide bonds. The first-order chi connectivity index (χ1) is 14.8. The largest absolute Gasteiger partial charge is 0.268 e. The molecule has 2 heterocycles. The predicted molar refractivity (Wildman–Crippen MR) is 119 cm³/mol. The summed E-state index contributed by atoms with van der Waals surface area (Å²) in [5.41, 5.74) is 0.916. The summed E-state index contributed by atoms with van der Waals surface area (Å²) < 4.78 is 56.0. The molecule has 31 heavy (non-hydrogen) atoms. The second kappa shape index (κ2) is 8.43. The molecule has 0 fully saturated rings. The number of pyridine rings is 1. The van der Waals surface area contributed by atoms with Gasteiger partial charge in [0.1, 0.15) is 4.90 Å². The Balaban J connectivity index is 1.76. The molecule has 0 aliphatic carbocycles. The molecular formula is C21H18ClN3O4S2. The lowest BCUT2D eigenvalue weighted by Gasteiger charge is -2.07. The summed E-state index contributed by atoms with van der Waals surface area (Å²) in [7, 11) is -8.08. The van der Waals surface area contributed by atoms with Crippen LogP contribution in [0.1, 0.15) is 5.69 Å². The number of benzene rings is 2. The molecule has 4 aromatic rings. The van der Waals surface area contributed by atoms with E-state index in [2.05, 4.69) is 9.71 Å². The second-order valence-electron chi connectivity index (χ2n) is 6.71. The molecule has 0 atom stereocenters. The van der Waals surface area contributed by atoms with E-state index in [9.17, 15) is 16.8 Å². The summed E-state index contributed by atoms with van der Waals surface area (Å²) in [4.78, 5) is 4.01. The highest BCUT2D eigenvalue weighted by Gasteiger charge is 2.27. The van der Waals surface area contributed by atoms with E-state index in [1.165, 1.54) is 24.3 Å². The van der Waals surface area contributed by atoms with Crippen molar-refractivity contribution >= 4 is 42.6 Å². The van der Waals surface area contributed by atoms with Crippen LogP contribution >= 0.6 is 11.6 Å². The average Bonchev–Trinajstić information content (AvgIpc) is 3.18. The van der Waals surface area contributed by atoms with Crippen molar-refractivity contribution in [2.45, 2.75) is 16.2 Å². The van der Waals surface area contributed by atoms with E-state index >= 15 is 0 Å². The Morgan fingerprint density at radius 3 is 2.35 bits per heavy atom. The number of rotatable bonds is 7. The van der Waals surface area contributed by atoms with Gasteiger partial charge < -0.3 is 0 Å². The Bertz CT molecular complexity index is 1440. The molecule has 0 spiro atoms. The highest BCUT2D eigenvalue weighted by molar-refractivity contribution is 7.91. The number of halogens is 1. The molecule has 2 aromatic heterocycles. The van der Waals surface area contributed by atoms with Crippen molar-refractivity contribution in [1.29, 1.82) is 0 Å². The number of nitrogens with one attached hydrogen (secondary N) is 1. The van der Waals surface area contributed by atoms with Crippen LogP contribution in [0.15, 0.2) is 88.9 Å². The monoisotopic (exact) mass is 475 g/mol. The fraction of sp³-hybridized carbons (Fsp3) is 0.0952. The quantitative estimate of drug-likeness (QED) is 0.441. The smallest absolute Gasteiger partial charge is 0.261 e. The fourth-order valence-corrected chi connectivity index (χ4v) is 6.26. The number of hydrogen-bond acceptors (Lipinski definition) is 5. The number of aromatic nitrogens is 2. The molecule has 0 unspecified atom stereocenters. The molecule has 0 aliphatic rings. The van der Waals surface area contributed by atoms with E-state index in [-0.39, 0.29) is 32.3 Å². The van der Waals surface area contributed by atoms with Crippen molar-refractivity contribution in [1.82, 2.24) is 13.7 Å². The minimum absolute atomic E-state index is 0.0407. The maximum Gasteiger partial charge on any atom is 0.268 e. The standard InChI is InChI=1S/C21H18ClN3O4S2/c22-18-10-6-11-19-21(18)20(15-25(19)31(28,29)17-8-2-1-3-9-17)30(26,27)24-14-12-16-7-4-5-13-23-16/h1-11,13,15,24H,12,14H2. The van der Waals surface area contributed by atoms with Gasteiger partial charge in [-0.25, -0.2) is 25.5 Å². The van der Waals surface area contributed by atoms with Gasteiger partial charge in [0.2, 0.25) is 10.0 Å². The minimum atomic E-state index is -4.05. The van der Waals surface area contributed by atoms with Gasteiger partial charge >= 0.3 is 0 Å². The van der Waals surface area contributed by atoms with E-state index in [4.69, 9.17) is 11.6 Å². The Morgan fingerprint density at radius 2 is 1.65 bits per heavy atom. The maximum atomic E-state index is 13.2. The first-order valence-corrected chi connectivity index (χ1v) is 12.6. The van der Waals surface area contributed by atoms with Gasteiger partial charge in [0.25, 0.3) is 10.0 Å². The topological polar surface area (TPSA) is 98.1 Å². The fourth-order valence-electron chi connectivity index (χ4n) is 3.23. The molecule has 4 rings (SSSR count). The Kier molecular flexibility index (Phi) is 5.85. The number of fused-ring (bicyclic) bond motifs is 1. The van der Waals surface area contributed by atoms with Crippen LogP contribution in [0.5, 0.6) is 0 Å². The zero-order chi connectivity index (χ0) is 22.1. The van der Waals surface area contributed by atoms with E-state index < -0.39 is 20.0 Å². The van der Waals surface area contributed by atoms with Gasteiger partial charge in [-0.05, 0) is 36.4 Å². The minimum Gasteiger partial charge on any atom is -0.261 e. The molecule has 0 saturated heterocycles. The van der Waals surface area contributed by atoms with E-state index in [0.29, 0.717) is 6.42 Å². The molecular weight excluding hydrogens is 458 g/mol. The summed E-state index contributed by atoms with van der Waals surface area (Å²) >= 11 is 6.30. The highest BCUT2D eigenvalue weighted by Crippen LogP contribution is 2.33.